The number of halogens is 1. The molecule has 0 fully saturated rings. The van der Waals surface area contributed by atoms with E-state index < -0.39 is 6.04 Å². The maximum Gasteiger partial charge on any atom is 0.251 e. The maximum atomic E-state index is 13.1. The van der Waals surface area contributed by atoms with E-state index in [1.54, 1.807) is 22.7 Å². The van der Waals surface area contributed by atoms with Gasteiger partial charge in [-0.15, -0.1) is 11.3 Å². The fraction of sp³-hybridized carbons (Fsp3) is 0.400. The van der Waals surface area contributed by atoms with Crippen molar-refractivity contribution in [2.75, 3.05) is 18.6 Å². The highest BCUT2D eigenvalue weighted by molar-refractivity contribution is 7.98. The summed E-state index contributed by atoms with van der Waals surface area (Å²) in [5, 5.41) is 2.93. The molecule has 146 valence electrons. The number of nitrogens with zero attached hydrogens (tertiary/aromatic N) is 1. The van der Waals surface area contributed by atoms with Gasteiger partial charge in [0.1, 0.15) is 6.04 Å². The summed E-state index contributed by atoms with van der Waals surface area (Å²) in [4.78, 5) is 28.5. The van der Waals surface area contributed by atoms with Crippen LogP contribution in [-0.4, -0.2) is 41.3 Å². The second-order valence-corrected chi connectivity index (χ2v) is 9.02. The van der Waals surface area contributed by atoms with Gasteiger partial charge in [-0.05, 0) is 56.5 Å². The molecule has 7 heteroatoms. The first kappa shape index (κ1) is 21.8. The van der Waals surface area contributed by atoms with Gasteiger partial charge in [0.15, 0.2) is 0 Å². The molecule has 2 rings (SSSR count). The zero-order valence-electron chi connectivity index (χ0n) is 15.8. The fourth-order valence-corrected chi connectivity index (χ4v) is 4.29. The monoisotopic (exact) mass is 424 g/mol. The summed E-state index contributed by atoms with van der Waals surface area (Å²) in [6.45, 7) is 4.96. The molecule has 1 aromatic carbocycles. The summed E-state index contributed by atoms with van der Waals surface area (Å²) in [7, 11) is 0. The van der Waals surface area contributed by atoms with E-state index >= 15 is 0 Å². The molecule has 0 aliphatic rings. The van der Waals surface area contributed by atoms with Crippen molar-refractivity contribution in [3.63, 3.8) is 0 Å². The Labute approximate surface area is 174 Å². The van der Waals surface area contributed by atoms with Gasteiger partial charge in [-0.25, -0.2) is 0 Å². The van der Waals surface area contributed by atoms with Crippen LogP contribution in [-0.2, 0) is 11.3 Å². The number of aryl methyl sites for hydroxylation is 1. The third-order valence-corrected chi connectivity index (χ3v) is 6.02. The molecule has 1 atom stereocenters. The van der Waals surface area contributed by atoms with Gasteiger partial charge in [0.2, 0.25) is 5.91 Å². The van der Waals surface area contributed by atoms with Crippen LogP contribution in [0.25, 0.3) is 0 Å². The number of amides is 2. The second-order valence-electron chi connectivity index (χ2n) is 6.24. The van der Waals surface area contributed by atoms with Crippen LogP contribution in [0.5, 0.6) is 0 Å². The van der Waals surface area contributed by atoms with Crippen molar-refractivity contribution >= 4 is 46.5 Å². The van der Waals surface area contributed by atoms with Gasteiger partial charge in [-0.2, -0.15) is 11.8 Å². The molecule has 1 aromatic heterocycles. The van der Waals surface area contributed by atoms with E-state index in [4.69, 9.17) is 11.6 Å². The Kier molecular flexibility index (Phi) is 8.67. The topological polar surface area (TPSA) is 49.4 Å². The van der Waals surface area contributed by atoms with Crippen LogP contribution in [0.4, 0.5) is 0 Å². The highest BCUT2D eigenvalue weighted by Gasteiger charge is 2.25. The van der Waals surface area contributed by atoms with Gasteiger partial charge in [0.25, 0.3) is 5.91 Å². The molecule has 2 aromatic rings. The second kappa shape index (κ2) is 10.7. The summed E-state index contributed by atoms with van der Waals surface area (Å²) in [6.07, 6.45) is 2.59. The molecule has 1 N–H and O–H groups in total. The zero-order chi connectivity index (χ0) is 19.8. The van der Waals surface area contributed by atoms with E-state index in [9.17, 15) is 9.59 Å². The lowest BCUT2D eigenvalue weighted by molar-refractivity contribution is -0.133. The lowest BCUT2D eigenvalue weighted by atomic mass is 10.1. The first-order valence-corrected chi connectivity index (χ1v) is 11.4. The molecular weight excluding hydrogens is 400 g/mol. The minimum absolute atomic E-state index is 0.0583. The standard InChI is InChI=1S/C20H25ClN2O2S2/c1-4-23(13-16-8-9-18(21)27-16)20(25)17(10-11-26-3)22-19(24)15-7-5-6-14(2)12-15/h5-9,12,17H,4,10-11,13H2,1-3H3,(H,22,24). The van der Waals surface area contributed by atoms with Gasteiger partial charge >= 0.3 is 0 Å². The van der Waals surface area contributed by atoms with E-state index in [1.165, 1.54) is 11.3 Å². The van der Waals surface area contributed by atoms with Crippen molar-refractivity contribution in [2.45, 2.75) is 32.9 Å². The highest BCUT2D eigenvalue weighted by Crippen LogP contribution is 2.23. The van der Waals surface area contributed by atoms with Crippen LogP contribution in [0.1, 0.15) is 34.1 Å². The van der Waals surface area contributed by atoms with Gasteiger partial charge in [0, 0.05) is 17.0 Å². The van der Waals surface area contributed by atoms with Crippen molar-refractivity contribution < 1.29 is 9.59 Å². The number of likely N-dealkylation sites (N-methyl/N-ethyl adjacent to an activating group) is 1. The molecule has 0 saturated carbocycles. The lowest BCUT2D eigenvalue weighted by Crippen LogP contribution is -2.48. The van der Waals surface area contributed by atoms with Crippen LogP contribution in [0.15, 0.2) is 36.4 Å². The average Bonchev–Trinajstić information content (AvgIpc) is 3.07. The number of benzene rings is 1. The number of thiophene rings is 1. The molecule has 1 heterocycles. The summed E-state index contributed by atoms with van der Waals surface area (Å²) < 4.78 is 0.709. The van der Waals surface area contributed by atoms with Crippen LogP contribution < -0.4 is 5.32 Å². The number of carbonyl (C=O) groups is 2. The Balaban J connectivity index is 2.12. The predicted molar refractivity (Wildman–Crippen MR) is 116 cm³/mol. The molecule has 0 radical (unpaired) electrons. The largest absolute Gasteiger partial charge is 0.340 e. The lowest BCUT2D eigenvalue weighted by Gasteiger charge is -2.26. The Morgan fingerprint density at radius 3 is 2.67 bits per heavy atom. The number of nitrogens with one attached hydrogen (secondary N) is 1. The van der Waals surface area contributed by atoms with Crippen LogP contribution >= 0.6 is 34.7 Å². The quantitative estimate of drug-likeness (QED) is 0.639. The van der Waals surface area contributed by atoms with Crippen LogP contribution in [0.2, 0.25) is 4.34 Å². The Morgan fingerprint density at radius 2 is 2.07 bits per heavy atom. The first-order chi connectivity index (χ1) is 12.9. The average molecular weight is 425 g/mol. The van der Waals surface area contributed by atoms with Gasteiger partial charge in [-0.3, -0.25) is 9.59 Å². The summed E-state index contributed by atoms with van der Waals surface area (Å²) in [6, 6.07) is 10.6. The molecule has 27 heavy (non-hydrogen) atoms. The number of thioether (sulfide) groups is 1. The van der Waals surface area contributed by atoms with E-state index in [0.29, 0.717) is 29.4 Å². The molecular formula is C20H25ClN2O2S2. The van der Waals surface area contributed by atoms with Crippen LogP contribution in [0.3, 0.4) is 0 Å². The molecule has 0 bridgehead atoms. The normalized spacial score (nSPS) is 11.9. The van der Waals surface area contributed by atoms with Crippen molar-refractivity contribution in [3.05, 3.63) is 56.7 Å². The Hall–Kier alpha value is -1.50. The summed E-state index contributed by atoms with van der Waals surface area (Å²) in [5.41, 5.74) is 1.59. The van der Waals surface area contributed by atoms with Crippen LogP contribution in [0, 0.1) is 6.92 Å². The zero-order valence-corrected chi connectivity index (χ0v) is 18.2. The SMILES string of the molecule is CCN(Cc1ccc(Cl)s1)C(=O)C(CCSC)NC(=O)c1cccc(C)c1. The number of hydrogen-bond donors (Lipinski definition) is 1. The van der Waals surface area contributed by atoms with Gasteiger partial charge < -0.3 is 10.2 Å². The first-order valence-electron chi connectivity index (χ1n) is 8.84. The molecule has 0 aliphatic carbocycles. The van der Waals surface area contributed by atoms with Gasteiger partial charge in [-0.1, -0.05) is 29.3 Å². The number of carbonyl (C=O) groups excluding carboxylic acids is 2. The summed E-state index contributed by atoms with van der Waals surface area (Å²) >= 11 is 9.14. The van der Waals surface area contributed by atoms with Gasteiger partial charge in [0.05, 0.1) is 10.9 Å². The van der Waals surface area contributed by atoms with E-state index in [0.717, 1.165) is 16.2 Å². The van der Waals surface area contributed by atoms with E-state index in [-0.39, 0.29) is 11.8 Å². The molecule has 4 nitrogen and oxygen atoms in total. The minimum Gasteiger partial charge on any atom is -0.340 e. The smallest absolute Gasteiger partial charge is 0.251 e. The predicted octanol–water partition coefficient (Wildman–Crippen LogP) is 4.61. The van der Waals surface area contributed by atoms with Crippen molar-refractivity contribution in [3.8, 4) is 0 Å². The van der Waals surface area contributed by atoms with Crippen molar-refractivity contribution in [2.24, 2.45) is 0 Å². The molecule has 0 spiro atoms. The van der Waals surface area contributed by atoms with E-state index in [2.05, 4.69) is 5.32 Å². The molecule has 2 amide bonds. The fourth-order valence-electron chi connectivity index (χ4n) is 2.71. The molecule has 0 saturated heterocycles. The van der Waals surface area contributed by atoms with E-state index in [1.807, 2.05) is 50.4 Å². The van der Waals surface area contributed by atoms with Crippen molar-refractivity contribution in [1.29, 1.82) is 0 Å². The number of rotatable bonds is 9. The third kappa shape index (κ3) is 6.55. The molecule has 0 aliphatic heterocycles. The Bertz CT molecular complexity index is 779. The van der Waals surface area contributed by atoms with Crippen molar-refractivity contribution in [1.82, 2.24) is 10.2 Å². The minimum atomic E-state index is -0.541. The third-order valence-electron chi connectivity index (χ3n) is 4.16. The maximum absolute atomic E-state index is 13.1. The number of hydrogen-bond acceptors (Lipinski definition) is 4. The Morgan fingerprint density at radius 1 is 1.30 bits per heavy atom. The highest BCUT2D eigenvalue weighted by atomic mass is 35.5. The summed E-state index contributed by atoms with van der Waals surface area (Å²) in [5.74, 6) is 0.526. The molecule has 1 unspecified atom stereocenters.